The number of nitrogens with zero attached hydrogens (tertiary/aromatic N) is 2. The molecule has 0 atom stereocenters. The molecule has 8 nitrogen and oxygen atoms in total. The number of nitrogens with one attached hydrogen (secondary N) is 2. The van der Waals surface area contributed by atoms with Crippen LogP contribution in [0.3, 0.4) is 0 Å². The molecule has 2 aliphatic rings. The maximum absolute atomic E-state index is 12.2. The monoisotopic (exact) mass is 425 g/mol. The minimum atomic E-state index is -0.838. The van der Waals surface area contributed by atoms with Crippen molar-refractivity contribution in [1.82, 2.24) is 20.4 Å². The van der Waals surface area contributed by atoms with Gasteiger partial charge >= 0.3 is 0 Å². The Morgan fingerprint density at radius 2 is 1.04 bits per heavy atom. The van der Waals surface area contributed by atoms with Crippen molar-refractivity contribution < 1.29 is 36.2 Å². The molecule has 2 aliphatic heterocycles. The van der Waals surface area contributed by atoms with Crippen molar-refractivity contribution in [2.45, 2.75) is 38.8 Å². The van der Waals surface area contributed by atoms with E-state index in [0.29, 0.717) is 13.1 Å². The number of hydrogen-bond acceptors (Lipinski definition) is 6. The molecule has 2 heterocycles. The van der Waals surface area contributed by atoms with Gasteiger partial charge in [-0.3, -0.25) is 19.2 Å². The number of likely N-dealkylation sites (N-methyl/N-ethyl adjacent to an activating group) is 2. The fourth-order valence-electron chi connectivity index (χ4n) is 2.77. The average molecular weight is 426 g/mol. The third-order valence-electron chi connectivity index (χ3n) is 5.25. The first-order valence-electron chi connectivity index (χ1n) is 8.47. The summed E-state index contributed by atoms with van der Waals surface area (Å²) in [7, 11) is 3.20. The summed E-state index contributed by atoms with van der Waals surface area (Å²) in [6, 6.07) is 0. The Bertz CT molecular complexity index is 678. The van der Waals surface area contributed by atoms with E-state index >= 15 is 0 Å². The van der Waals surface area contributed by atoms with E-state index in [2.05, 4.69) is 10.6 Å². The minimum Gasteiger partial charge on any atom is -0.388 e. The summed E-state index contributed by atoms with van der Waals surface area (Å²) in [4.78, 5) is 51.5. The van der Waals surface area contributed by atoms with Crippen molar-refractivity contribution in [3.63, 3.8) is 0 Å². The van der Waals surface area contributed by atoms with Gasteiger partial charge in [-0.1, -0.05) is 0 Å². The summed E-state index contributed by atoms with van der Waals surface area (Å²) in [5, 5.41) is 5.83. The number of Topliss-reactive ketones (excluding diaryl/α,β-unsaturated/α-hetero) is 2. The van der Waals surface area contributed by atoms with Crippen molar-refractivity contribution in [1.29, 1.82) is 0 Å². The number of rotatable bonds is 5. The number of hydrogen-bond donors (Lipinski definition) is 2. The zero-order valence-electron chi connectivity index (χ0n) is 16.4. The van der Waals surface area contributed by atoms with E-state index in [1.165, 1.54) is 22.2 Å². The van der Waals surface area contributed by atoms with Gasteiger partial charge < -0.3 is 20.4 Å². The second kappa shape index (κ2) is 7.86. The fraction of sp³-hybridized carbons (Fsp3) is 0.556. The zero-order chi connectivity index (χ0) is 19.9. The smallest absolute Gasteiger partial charge is 0.259 e. The Morgan fingerprint density at radius 1 is 0.741 bits per heavy atom. The van der Waals surface area contributed by atoms with Gasteiger partial charge in [0.2, 0.25) is 0 Å². The summed E-state index contributed by atoms with van der Waals surface area (Å²) in [5.41, 5.74) is -1.43. The third kappa shape index (κ3) is 3.80. The number of likely N-dealkylation sites (tertiary alicyclic amines) is 2. The van der Waals surface area contributed by atoms with Gasteiger partial charge in [0.1, 0.15) is 22.2 Å². The van der Waals surface area contributed by atoms with Gasteiger partial charge in [-0.25, -0.2) is 0 Å². The molecule has 0 saturated carbocycles. The van der Waals surface area contributed by atoms with E-state index in [1.807, 2.05) is 0 Å². The van der Waals surface area contributed by atoms with Crippen LogP contribution in [0, 0.1) is 0 Å². The average Bonchev–Trinajstić information content (AvgIpc) is 2.82. The maximum atomic E-state index is 12.2. The van der Waals surface area contributed by atoms with E-state index in [-0.39, 0.29) is 51.6 Å². The molecule has 1 radical (unpaired) electrons. The van der Waals surface area contributed by atoms with Gasteiger partial charge in [-0.05, 0) is 27.7 Å². The number of ketones is 2. The summed E-state index contributed by atoms with van der Waals surface area (Å²) in [5.74, 6) is -1.06. The van der Waals surface area contributed by atoms with Crippen LogP contribution >= 0.6 is 0 Å². The van der Waals surface area contributed by atoms with Crippen molar-refractivity contribution >= 4 is 23.4 Å². The van der Waals surface area contributed by atoms with Crippen molar-refractivity contribution in [3.8, 4) is 0 Å². The molecule has 2 N–H and O–H groups in total. The van der Waals surface area contributed by atoms with Gasteiger partial charge in [0.05, 0.1) is 0 Å². The number of amides is 2. The first-order chi connectivity index (χ1) is 11.9. The molecule has 153 valence electrons. The number of carbonyl (C=O) groups is 4. The van der Waals surface area contributed by atoms with Crippen LogP contribution in [-0.4, -0.2) is 71.4 Å². The largest absolute Gasteiger partial charge is 0.388 e. The molecule has 0 bridgehead atoms. The predicted octanol–water partition coefficient (Wildman–Crippen LogP) is -0.430. The summed E-state index contributed by atoms with van der Waals surface area (Å²) >= 11 is 0. The van der Waals surface area contributed by atoms with Crippen LogP contribution in [0.1, 0.15) is 27.7 Å². The molecule has 0 aromatic carbocycles. The van der Waals surface area contributed by atoms with Crippen molar-refractivity contribution in [3.05, 3.63) is 23.5 Å². The Morgan fingerprint density at radius 3 is 1.26 bits per heavy atom. The van der Waals surface area contributed by atoms with Crippen molar-refractivity contribution in [2.75, 3.05) is 27.2 Å². The van der Waals surface area contributed by atoms with E-state index in [4.69, 9.17) is 0 Å². The zero-order valence-corrected chi connectivity index (χ0v) is 17.3. The van der Waals surface area contributed by atoms with Crippen molar-refractivity contribution in [2.24, 2.45) is 0 Å². The van der Waals surface area contributed by atoms with Crippen LogP contribution in [0.5, 0.6) is 0 Å². The van der Waals surface area contributed by atoms with Gasteiger partial charge in [0.15, 0.2) is 11.6 Å². The van der Waals surface area contributed by atoms with Crippen LogP contribution in [0.25, 0.3) is 0 Å². The Hall–Kier alpha value is -2.12. The first kappa shape index (κ1) is 22.9. The molecule has 0 aromatic rings. The van der Waals surface area contributed by atoms with Crippen LogP contribution in [-0.2, 0) is 36.2 Å². The molecular formula is C18H26CuN4O4. The quantitative estimate of drug-likeness (QED) is 0.268. The van der Waals surface area contributed by atoms with Crippen LogP contribution < -0.4 is 10.6 Å². The Balaban J connectivity index is 0.00000364. The summed E-state index contributed by atoms with van der Waals surface area (Å²) in [6.07, 6.45) is 2.85. The maximum Gasteiger partial charge on any atom is 0.259 e. The molecule has 0 unspecified atom stereocenters. The summed E-state index contributed by atoms with van der Waals surface area (Å²) in [6.45, 7) is 7.65. The molecular weight excluding hydrogens is 400 g/mol. The topological polar surface area (TPSA) is 98.8 Å². The summed E-state index contributed by atoms with van der Waals surface area (Å²) < 4.78 is 0. The van der Waals surface area contributed by atoms with Gasteiger partial charge in [0, 0.05) is 56.7 Å². The molecule has 2 rings (SSSR count). The Kier molecular flexibility index (Phi) is 6.67. The van der Waals surface area contributed by atoms with E-state index < -0.39 is 11.1 Å². The normalized spacial score (nSPS) is 24.1. The molecule has 0 aliphatic carbocycles. The molecule has 2 fully saturated rings. The van der Waals surface area contributed by atoms with Crippen LogP contribution in [0.2, 0.25) is 0 Å². The third-order valence-corrected chi connectivity index (χ3v) is 5.25. The van der Waals surface area contributed by atoms with Crippen LogP contribution in [0.4, 0.5) is 0 Å². The molecule has 2 saturated heterocycles. The van der Waals surface area contributed by atoms with Gasteiger partial charge in [0.25, 0.3) is 11.8 Å². The molecule has 0 spiro atoms. The van der Waals surface area contributed by atoms with Gasteiger partial charge in [-0.2, -0.15) is 0 Å². The molecule has 9 heteroatoms. The SMILES string of the molecule is CN1C(=O)/C(=C\NCCN/C=C2\C(=O)N(C)C(C)(C)C2=O)C(=O)C1(C)C.[Cu]. The predicted molar refractivity (Wildman–Crippen MR) is 95.9 cm³/mol. The van der Waals surface area contributed by atoms with Crippen LogP contribution in [0.15, 0.2) is 23.5 Å². The standard InChI is InChI=1S/C18H26N4O4.Cu/c1-17(2)13(23)11(15(25)21(17)5)9-19-7-8-20-10-12-14(24)18(3,4)22(6)16(12)26;/h9-10,19-20H,7-8H2,1-6H3;/b11-9-,12-10-;. The van der Waals surface area contributed by atoms with Gasteiger partial charge in [-0.15, -0.1) is 0 Å². The second-order valence-electron chi connectivity index (χ2n) is 7.53. The fourth-order valence-corrected chi connectivity index (χ4v) is 2.77. The molecule has 27 heavy (non-hydrogen) atoms. The Labute approximate surface area is 169 Å². The van der Waals surface area contributed by atoms with E-state index in [0.717, 1.165) is 0 Å². The number of carbonyl (C=O) groups excluding carboxylic acids is 4. The second-order valence-corrected chi connectivity index (χ2v) is 7.53. The first-order valence-corrected chi connectivity index (χ1v) is 8.47. The van der Waals surface area contributed by atoms with E-state index in [1.54, 1.807) is 41.8 Å². The van der Waals surface area contributed by atoms with E-state index in [9.17, 15) is 19.2 Å². The molecule has 0 aromatic heterocycles. The molecule has 2 amide bonds. The minimum absolute atomic E-state index is 0.